The number of phenolic OH excluding ortho intramolecular Hbond substituents is 2. The first-order valence-electron chi connectivity index (χ1n) is 42.8. The van der Waals surface area contributed by atoms with Crippen LogP contribution in [0.15, 0.2) is 158 Å². The van der Waals surface area contributed by atoms with Crippen LogP contribution in [0.1, 0.15) is 171 Å². The van der Waals surface area contributed by atoms with Crippen LogP contribution in [0, 0.1) is 34.0 Å². The third kappa shape index (κ3) is 51.8. The Bertz CT molecular complexity index is 5060. The van der Waals surface area contributed by atoms with E-state index < -0.39 is 60.0 Å². The molecule has 7 atom stereocenters. The molecule has 0 saturated heterocycles. The molecule has 0 bridgehead atoms. The molecule has 1 amide bonds. The lowest BCUT2D eigenvalue weighted by Crippen LogP contribution is -2.33. The highest BCUT2D eigenvalue weighted by Gasteiger charge is 2.24. The van der Waals surface area contributed by atoms with Crippen LogP contribution in [-0.2, 0) is 68.5 Å². The SMILES string of the molecule is CCOC(=O)[C@@H](C)Oc1c(Cl)cccc1/C=C/C#N.CCOC(=O)[C@@H](C)Oc1c(Cl)cccc1C=O.CCOC(=O)[C@@H](C)Oc1c(Cl)cccc1CCC#N.CCOC(=O)[C@H](C)O.C[C@H](CO)Oc1c(Cl)cccc1CCC#N.C[C@H](CO)Oc1c(Cl)cccc1CCCN.C[C@H](CO)Oc1c(Cl)cccc1CCCNC(=O)OC(C)(C)C.O=Cc1cccc(Cl)c1O.Oc1ccccc1Cl. The number of amides is 1. The van der Waals surface area contributed by atoms with Crippen LogP contribution in [-0.4, -0.2) is 181 Å². The number of esters is 4. The van der Waals surface area contributed by atoms with Crippen LogP contribution in [0.4, 0.5) is 4.79 Å². The predicted octanol–water partition coefficient (Wildman–Crippen LogP) is 20.8. The molecule has 136 heavy (non-hydrogen) atoms. The van der Waals surface area contributed by atoms with Crippen LogP contribution < -0.4 is 39.5 Å². The number of aliphatic hydroxyl groups excluding tert-OH is 4. The molecule has 9 N–H and O–H groups in total. The number of aliphatic hydroxyl groups is 4. The number of phenols is 2. The Morgan fingerprint density at radius 1 is 0.419 bits per heavy atom. The molecule has 8 aromatic rings. The molecule has 8 aromatic carbocycles. The molecule has 0 aliphatic carbocycles. The first-order chi connectivity index (χ1) is 64.6. The fourth-order valence-electron chi connectivity index (χ4n) is 10.1. The second-order valence-electron chi connectivity index (χ2n) is 29.1. The largest absolute Gasteiger partial charge is 0.506 e. The van der Waals surface area contributed by atoms with E-state index in [9.17, 15) is 33.6 Å². The minimum Gasteiger partial charge on any atom is -0.506 e. The van der Waals surface area contributed by atoms with Crippen molar-refractivity contribution in [2.75, 3.05) is 59.3 Å². The van der Waals surface area contributed by atoms with Crippen molar-refractivity contribution in [3.63, 3.8) is 0 Å². The molecule has 0 aromatic heterocycles. The van der Waals surface area contributed by atoms with Crippen molar-refractivity contribution >= 4 is 141 Å². The Labute approximate surface area is 835 Å². The van der Waals surface area contributed by atoms with Gasteiger partial charge in [0.05, 0.1) is 116 Å². The number of nitrogens with one attached hydrogen (secondary N) is 1. The number of halogens is 8. The Hall–Kier alpha value is -11.0. The second kappa shape index (κ2) is 72.4. The number of rotatable bonds is 37. The summed E-state index contributed by atoms with van der Waals surface area (Å²) < 4.78 is 57.4. The van der Waals surface area contributed by atoms with Gasteiger partial charge in [-0.3, -0.25) is 9.59 Å². The molecule has 0 saturated carbocycles. The van der Waals surface area contributed by atoms with Gasteiger partial charge in [0.2, 0.25) is 0 Å². The zero-order valence-corrected chi connectivity index (χ0v) is 84.3. The molecule has 37 heteroatoms. The van der Waals surface area contributed by atoms with Crippen molar-refractivity contribution in [2.24, 2.45) is 5.73 Å². The van der Waals surface area contributed by atoms with E-state index in [-0.39, 0.29) is 84.2 Å². The van der Waals surface area contributed by atoms with Gasteiger partial charge in [0.25, 0.3) is 0 Å². The number of nitrogens with zero attached hydrogens (tertiary/aromatic N) is 3. The molecular weight excluding hydrogens is 1930 g/mol. The molecule has 0 unspecified atom stereocenters. The lowest BCUT2D eigenvalue weighted by molar-refractivity contribution is -0.152. The maximum Gasteiger partial charge on any atom is 0.407 e. The zero-order valence-electron chi connectivity index (χ0n) is 78.3. The van der Waals surface area contributed by atoms with Gasteiger partial charge in [0.1, 0.15) is 76.0 Å². The number of aldehydes is 2. The van der Waals surface area contributed by atoms with Crippen LogP contribution in [0.25, 0.3) is 6.08 Å². The molecule has 0 radical (unpaired) electrons. The van der Waals surface area contributed by atoms with E-state index in [2.05, 4.69) is 22.2 Å². The second-order valence-corrected chi connectivity index (χ2v) is 32.4. The van der Waals surface area contributed by atoms with Gasteiger partial charge in [-0.2, -0.15) is 15.8 Å². The molecule has 742 valence electrons. The average Bonchev–Trinajstić information content (AvgIpc) is 0.836. The van der Waals surface area contributed by atoms with Gasteiger partial charge in [-0.15, -0.1) is 0 Å². The number of aryl methyl sites for hydroxylation is 4. The highest BCUT2D eigenvalue weighted by Crippen LogP contribution is 2.37. The minimum absolute atomic E-state index is 0.0262. The normalized spacial score (nSPS) is 11.7. The number of para-hydroxylation sites is 8. The van der Waals surface area contributed by atoms with Gasteiger partial charge in [-0.25, -0.2) is 24.0 Å². The fourth-order valence-corrected chi connectivity index (χ4v) is 11.9. The Kier molecular flexibility index (Phi) is 66.5. The number of ether oxygens (including phenoxy) is 11. The number of benzene rings is 8. The van der Waals surface area contributed by atoms with E-state index in [0.717, 1.165) is 41.5 Å². The molecule has 0 heterocycles. The van der Waals surface area contributed by atoms with Crippen LogP contribution in [0.3, 0.4) is 0 Å². The first kappa shape index (κ1) is 125. The number of carbonyl (C=O) groups excluding carboxylic acids is 7. The summed E-state index contributed by atoms with van der Waals surface area (Å²) in [6.45, 7) is 25.9. The van der Waals surface area contributed by atoms with E-state index in [1.165, 1.54) is 32.1 Å². The van der Waals surface area contributed by atoms with Crippen molar-refractivity contribution in [1.82, 2.24) is 5.32 Å². The summed E-state index contributed by atoms with van der Waals surface area (Å²) in [4.78, 5) is 77.2. The molecule has 8 rings (SSSR count). The fraction of sp³-hybridized carbons (Fsp3) is 0.394. The number of allylic oxidation sites excluding steroid dienone is 1. The monoisotopic (exact) mass is 2040 g/mol. The van der Waals surface area contributed by atoms with Gasteiger partial charge in [-0.1, -0.05) is 178 Å². The van der Waals surface area contributed by atoms with Crippen LogP contribution >= 0.6 is 92.8 Å². The van der Waals surface area contributed by atoms with Crippen molar-refractivity contribution in [1.29, 1.82) is 15.8 Å². The van der Waals surface area contributed by atoms with E-state index >= 15 is 0 Å². The lowest BCUT2D eigenvalue weighted by Gasteiger charge is -2.20. The Morgan fingerprint density at radius 2 is 0.735 bits per heavy atom. The van der Waals surface area contributed by atoms with Gasteiger partial charge in [0.15, 0.2) is 30.9 Å². The summed E-state index contributed by atoms with van der Waals surface area (Å²) in [6, 6.07) is 49.2. The Balaban J connectivity index is 0.00000153. The molecular formula is C99H121Cl8N5O24. The number of carbonyl (C=O) groups is 7. The van der Waals surface area contributed by atoms with Crippen molar-refractivity contribution in [2.45, 2.75) is 197 Å². The maximum absolute atomic E-state index is 11.6. The maximum atomic E-state index is 11.6. The molecule has 29 nitrogen and oxygen atoms in total. The topological polar surface area (TPSA) is 452 Å². The summed E-state index contributed by atoms with van der Waals surface area (Å²) in [5.74, 6) is 0.852. The Morgan fingerprint density at radius 3 is 1.05 bits per heavy atom. The van der Waals surface area contributed by atoms with Crippen molar-refractivity contribution < 1.29 is 116 Å². The number of hydrogen-bond donors (Lipinski definition) is 8. The summed E-state index contributed by atoms with van der Waals surface area (Å²) >= 11 is 47.2. The number of nitriles is 3. The highest BCUT2D eigenvalue weighted by molar-refractivity contribution is 6.34. The molecule has 0 aliphatic rings. The van der Waals surface area contributed by atoms with Crippen LogP contribution in [0.5, 0.6) is 46.0 Å². The summed E-state index contributed by atoms with van der Waals surface area (Å²) in [5, 5.41) is 85.0. The highest BCUT2D eigenvalue weighted by atomic mass is 35.5. The van der Waals surface area contributed by atoms with Crippen molar-refractivity contribution in [3.8, 4) is 64.2 Å². The minimum atomic E-state index is -0.991. The molecule has 0 aliphatic heterocycles. The van der Waals surface area contributed by atoms with E-state index in [4.69, 9.17) is 192 Å². The quantitative estimate of drug-likeness (QED) is 0.00589. The van der Waals surface area contributed by atoms with Gasteiger partial charge < -0.3 is 93.8 Å². The molecule has 0 fully saturated rings. The van der Waals surface area contributed by atoms with E-state index in [1.54, 1.807) is 165 Å². The first-order valence-corrected chi connectivity index (χ1v) is 45.8. The van der Waals surface area contributed by atoms with Gasteiger partial charge in [0, 0.05) is 31.0 Å². The van der Waals surface area contributed by atoms with Gasteiger partial charge in [-0.05, 0) is 237 Å². The standard InChI is InChI=1S/C17H26ClNO4.C14H16ClNO3.C14H14ClNO3.C12H18ClNO2.C12H14ClNO2.C12H13ClO4.C7H5ClO2.C6H5ClO.C5H10O3/c1-12(11-20)22-15-13(7-5-9-14(15)18)8-6-10-19-16(21)23-17(2,3)4;2*1-3-18-14(17)10(2)19-13-11(7-5-9-16)6-4-8-12(13)15;2*1-9(8-15)16-12-10(5-3-7-14)4-2-6-11(12)13;1-3-16-12(15)8(2)17-11-9(7-14)5-4-6-10(11)13;8-6-3-1-2-5(4-9)7(6)10;7-5-3-1-2-4-6(5)8;1-3-8-5(7)4(2)6/h5,7,9,12,20H,6,8,10-11H2,1-4H3,(H,19,21);4,6,8,10H,3,5,7H2,1-2H3;4-8,10H,3H2,1-2H3;2,4,6,9,15H,3,5,7-8,14H2,1H3;2,4,6,9,15H,3,5,8H2,1H3;4-8H,3H2,1-2H3;1-4,10H;1-4,8H;4,6H,3H2,1-2H3/b;;7-5+;;;;;;/t12-;2*10-;2*9-;8-;;;4-/m111111..0/s1. The summed E-state index contributed by atoms with van der Waals surface area (Å²) in [5.41, 5.74) is 9.82. The third-order valence-electron chi connectivity index (χ3n) is 16.7. The van der Waals surface area contributed by atoms with Crippen LogP contribution in [0.2, 0.25) is 40.2 Å². The number of hydrogen-bond acceptors (Lipinski definition) is 28. The lowest BCUT2D eigenvalue weighted by atomic mass is 10.1. The summed E-state index contributed by atoms with van der Waals surface area (Å²) in [6.07, 6.45) is 4.52. The number of nitrogens with two attached hydrogens (primary N) is 1. The van der Waals surface area contributed by atoms with Crippen molar-refractivity contribution in [3.05, 3.63) is 237 Å². The third-order valence-corrected chi connectivity index (χ3v) is 19.1. The van der Waals surface area contributed by atoms with E-state index in [0.29, 0.717) is 141 Å². The van der Waals surface area contributed by atoms with E-state index in [1.807, 2.05) is 69.3 Å². The summed E-state index contributed by atoms with van der Waals surface area (Å²) in [7, 11) is 0. The average molecular weight is 2050 g/mol. The van der Waals surface area contributed by atoms with Gasteiger partial charge >= 0.3 is 30.0 Å². The number of aromatic hydroxyl groups is 2. The zero-order chi connectivity index (χ0) is 103. The number of alkyl carbamates (subject to hydrolysis) is 1. The predicted molar refractivity (Wildman–Crippen MR) is 528 cm³/mol. The molecule has 0 spiro atoms. The smallest absolute Gasteiger partial charge is 0.407 e.